The fourth-order valence-electron chi connectivity index (χ4n) is 1.90. The Balaban J connectivity index is 2.07. The molecule has 20 heavy (non-hydrogen) atoms. The number of fused-ring (bicyclic) bond motifs is 1. The number of imidazole rings is 1. The van der Waals surface area contributed by atoms with Crippen LogP contribution in [0.3, 0.4) is 0 Å². The first-order valence-corrected chi connectivity index (χ1v) is 7.42. The van der Waals surface area contributed by atoms with E-state index in [1.807, 2.05) is 19.9 Å². The molecule has 0 atom stereocenters. The van der Waals surface area contributed by atoms with Gasteiger partial charge in [-0.15, -0.1) is 27.1 Å². The quantitative estimate of drug-likeness (QED) is 0.682. The minimum Gasteiger partial charge on any atom is -0.215 e. The third-order valence-corrected chi connectivity index (χ3v) is 3.95. The van der Waals surface area contributed by atoms with E-state index in [4.69, 9.17) is 0 Å². The van der Waals surface area contributed by atoms with E-state index < -0.39 is 0 Å². The molecule has 0 aromatic carbocycles. The number of hydrogen-bond donors (Lipinski definition) is 0. The Labute approximate surface area is 120 Å². The summed E-state index contributed by atoms with van der Waals surface area (Å²) in [4.78, 5) is 4.21. The maximum Gasteiger partial charge on any atom is 0.287 e. The van der Waals surface area contributed by atoms with Crippen molar-refractivity contribution in [3.8, 4) is 5.95 Å². The molecule has 7 nitrogen and oxygen atoms in total. The maximum absolute atomic E-state index is 4.49. The van der Waals surface area contributed by atoms with Crippen LogP contribution in [-0.2, 0) is 0 Å². The molecule has 0 aliphatic rings. The average molecular weight is 289 g/mol. The number of nitrogens with zero attached hydrogens (tertiary/aromatic N) is 7. The summed E-state index contributed by atoms with van der Waals surface area (Å²) >= 11 is 1.71. The molecule has 0 spiro atoms. The van der Waals surface area contributed by atoms with Gasteiger partial charge in [-0.1, -0.05) is 6.92 Å². The first kappa shape index (κ1) is 13.0. The van der Waals surface area contributed by atoms with Crippen molar-refractivity contribution in [1.29, 1.82) is 0 Å². The van der Waals surface area contributed by atoms with Gasteiger partial charge in [0.2, 0.25) is 0 Å². The van der Waals surface area contributed by atoms with E-state index in [1.165, 1.54) is 0 Å². The van der Waals surface area contributed by atoms with Crippen LogP contribution in [0, 0.1) is 13.8 Å². The first-order chi connectivity index (χ1) is 9.69. The van der Waals surface area contributed by atoms with Crippen molar-refractivity contribution >= 4 is 17.5 Å². The zero-order valence-corrected chi connectivity index (χ0v) is 12.4. The molecule has 3 rings (SSSR count). The van der Waals surface area contributed by atoms with E-state index in [9.17, 15) is 0 Å². The molecule has 0 aliphatic heterocycles. The molecular weight excluding hydrogens is 274 g/mol. The van der Waals surface area contributed by atoms with Crippen molar-refractivity contribution in [2.45, 2.75) is 32.2 Å². The second kappa shape index (κ2) is 5.20. The van der Waals surface area contributed by atoms with E-state index in [0.717, 1.165) is 28.6 Å². The molecule has 0 radical (unpaired) electrons. The summed E-state index contributed by atoms with van der Waals surface area (Å²) in [6, 6.07) is 1.98. The Bertz CT molecular complexity index is 745. The molecule has 0 fully saturated rings. The van der Waals surface area contributed by atoms with E-state index in [-0.39, 0.29) is 0 Å². The van der Waals surface area contributed by atoms with Crippen LogP contribution in [0.4, 0.5) is 0 Å². The summed E-state index contributed by atoms with van der Waals surface area (Å²) in [5.41, 5.74) is 1.91. The smallest absolute Gasteiger partial charge is 0.215 e. The predicted octanol–water partition coefficient (Wildman–Crippen LogP) is 1.82. The lowest BCUT2D eigenvalue weighted by molar-refractivity contribution is 0.682. The molecule has 0 N–H and O–H groups in total. The van der Waals surface area contributed by atoms with Crippen LogP contribution >= 0.6 is 11.8 Å². The third-order valence-electron chi connectivity index (χ3n) is 2.76. The van der Waals surface area contributed by atoms with Crippen LogP contribution in [0.1, 0.15) is 24.7 Å². The van der Waals surface area contributed by atoms with Gasteiger partial charge in [-0.3, -0.25) is 0 Å². The Morgan fingerprint density at radius 3 is 2.75 bits per heavy atom. The van der Waals surface area contributed by atoms with E-state index in [0.29, 0.717) is 11.7 Å². The number of aromatic nitrogens is 7. The van der Waals surface area contributed by atoms with Gasteiger partial charge in [0.25, 0.3) is 11.7 Å². The molecule has 3 heterocycles. The highest BCUT2D eigenvalue weighted by Crippen LogP contribution is 2.18. The fraction of sp³-hybridized carbons (Fsp3) is 0.417. The van der Waals surface area contributed by atoms with Crippen LogP contribution in [0.2, 0.25) is 0 Å². The van der Waals surface area contributed by atoms with Gasteiger partial charge >= 0.3 is 0 Å². The summed E-state index contributed by atoms with van der Waals surface area (Å²) in [6.45, 7) is 6.05. The molecule has 0 aliphatic carbocycles. The molecule has 8 heteroatoms. The lowest BCUT2D eigenvalue weighted by Gasteiger charge is -2.03. The van der Waals surface area contributed by atoms with Gasteiger partial charge in [-0.2, -0.15) is 9.61 Å². The Kier molecular flexibility index (Phi) is 3.39. The minimum atomic E-state index is 0.458. The Morgan fingerprint density at radius 2 is 2.05 bits per heavy atom. The molecular formula is C12H15N7S. The minimum absolute atomic E-state index is 0.458. The fourth-order valence-corrected chi connectivity index (χ4v) is 2.69. The van der Waals surface area contributed by atoms with Crippen molar-refractivity contribution in [1.82, 2.24) is 34.6 Å². The summed E-state index contributed by atoms with van der Waals surface area (Å²) < 4.78 is 3.41. The topological polar surface area (TPSA) is 73.8 Å². The van der Waals surface area contributed by atoms with Crippen LogP contribution in [-0.4, -0.2) is 40.3 Å². The summed E-state index contributed by atoms with van der Waals surface area (Å²) in [6.07, 6.45) is 2.88. The summed E-state index contributed by atoms with van der Waals surface area (Å²) in [5, 5.41) is 18.0. The van der Waals surface area contributed by atoms with Crippen molar-refractivity contribution in [2.75, 3.05) is 5.75 Å². The lowest BCUT2D eigenvalue weighted by atomic mass is 10.4. The number of thioether (sulfide) groups is 1. The van der Waals surface area contributed by atoms with Gasteiger partial charge in [0.15, 0.2) is 0 Å². The third kappa shape index (κ3) is 2.26. The Morgan fingerprint density at radius 1 is 1.20 bits per heavy atom. The van der Waals surface area contributed by atoms with Crippen molar-refractivity contribution in [3.05, 3.63) is 23.7 Å². The van der Waals surface area contributed by atoms with Gasteiger partial charge in [0.05, 0.1) is 11.9 Å². The van der Waals surface area contributed by atoms with Gasteiger partial charge in [-0.05, 0) is 32.1 Å². The zero-order valence-electron chi connectivity index (χ0n) is 11.6. The second-order valence-corrected chi connectivity index (χ2v) is 5.61. The molecule has 0 saturated carbocycles. The zero-order chi connectivity index (χ0) is 14.1. The number of rotatable bonds is 4. The van der Waals surface area contributed by atoms with Gasteiger partial charge in [0, 0.05) is 5.69 Å². The predicted molar refractivity (Wildman–Crippen MR) is 76.2 cm³/mol. The lowest BCUT2D eigenvalue weighted by Crippen LogP contribution is -2.10. The molecule has 0 saturated heterocycles. The van der Waals surface area contributed by atoms with Crippen LogP contribution in [0.25, 0.3) is 11.7 Å². The van der Waals surface area contributed by atoms with E-state index in [1.54, 1.807) is 27.2 Å². The van der Waals surface area contributed by atoms with Crippen LogP contribution in [0.5, 0.6) is 0 Å². The average Bonchev–Trinajstić information content (AvgIpc) is 2.99. The van der Waals surface area contributed by atoms with Crippen LogP contribution < -0.4 is 0 Å². The number of hydrogen-bond acceptors (Lipinski definition) is 6. The summed E-state index contributed by atoms with van der Waals surface area (Å²) in [7, 11) is 0. The maximum atomic E-state index is 4.49. The molecule has 104 valence electrons. The molecule has 3 aromatic rings. The standard InChI is InChI=1S/C12H15N7S/c1-4-5-20-10-7-13-11-14-15-12(17-19(10)11)18-9(3)6-8(2)16-18/h6-7H,4-5H2,1-3H3. The second-order valence-electron chi connectivity index (χ2n) is 4.50. The normalized spacial score (nSPS) is 11.3. The Hall–Kier alpha value is -1.96. The molecule has 0 amide bonds. The van der Waals surface area contributed by atoms with Gasteiger partial charge in [-0.25, -0.2) is 9.67 Å². The highest BCUT2D eigenvalue weighted by molar-refractivity contribution is 7.99. The SMILES string of the molecule is CCCSc1cnc2nnc(-n3nc(C)cc3C)nn12. The molecule has 0 unspecified atom stereocenters. The first-order valence-electron chi connectivity index (χ1n) is 6.44. The van der Waals surface area contributed by atoms with Crippen molar-refractivity contribution in [3.63, 3.8) is 0 Å². The van der Waals surface area contributed by atoms with Crippen LogP contribution in [0.15, 0.2) is 17.3 Å². The highest BCUT2D eigenvalue weighted by atomic mass is 32.2. The largest absolute Gasteiger partial charge is 0.287 e. The van der Waals surface area contributed by atoms with Crippen molar-refractivity contribution < 1.29 is 0 Å². The highest BCUT2D eigenvalue weighted by Gasteiger charge is 2.12. The van der Waals surface area contributed by atoms with Crippen molar-refractivity contribution in [2.24, 2.45) is 0 Å². The monoisotopic (exact) mass is 289 g/mol. The van der Waals surface area contributed by atoms with Gasteiger partial charge in [0.1, 0.15) is 5.03 Å². The van der Waals surface area contributed by atoms with E-state index >= 15 is 0 Å². The molecule has 3 aromatic heterocycles. The van der Waals surface area contributed by atoms with Gasteiger partial charge < -0.3 is 0 Å². The van der Waals surface area contributed by atoms with E-state index in [2.05, 4.69) is 32.3 Å². The number of aryl methyl sites for hydroxylation is 2. The summed E-state index contributed by atoms with van der Waals surface area (Å²) in [5.74, 6) is 1.99. The molecule has 0 bridgehead atoms.